The summed E-state index contributed by atoms with van der Waals surface area (Å²) in [5.41, 5.74) is 0. The Morgan fingerprint density at radius 3 is 2.76 bits per heavy atom. The molecule has 0 spiro atoms. The third kappa shape index (κ3) is 4.56. The summed E-state index contributed by atoms with van der Waals surface area (Å²) in [7, 11) is 0. The third-order valence-electron chi connectivity index (χ3n) is 2.34. The Morgan fingerprint density at radius 1 is 1.35 bits per heavy atom. The Kier molecular flexibility index (Phi) is 5.69. The molecule has 0 radical (unpaired) electrons. The van der Waals surface area contributed by atoms with Gasteiger partial charge in [0.05, 0.1) is 0 Å². The van der Waals surface area contributed by atoms with E-state index in [2.05, 4.69) is 6.92 Å². The van der Waals surface area contributed by atoms with Crippen LogP contribution in [-0.2, 0) is 16.0 Å². The molecule has 17 heavy (non-hydrogen) atoms. The van der Waals surface area contributed by atoms with Gasteiger partial charge in [-0.15, -0.1) is 11.3 Å². The predicted octanol–water partition coefficient (Wildman–Crippen LogP) is 2.86. The molecule has 1 heterocycles. The molecule has 1 aromatic rings. The molecule has 0 aliphatic heterocycles. The van der Waals surface area contributed by atoms with Crippen LogP contribution in [0.15, 0.2) is 11.4 Å². The number of carboxylic acid groups (broad SMARTS) is 1. The molecule has 0 aliphatic carbocycles. The minimum Gasteiger partial charge on any atom is -0.473 e. The number of aryl methyl sites for hydroxylation is 1. The summed E-state index contributed by atoms with van der Waals surface area (Å²) >= 11 is 1.49. The monoisotopic (exact) mass is 256 g/mol. The second-order valence-electron chi connectivity index (χ2n) is 3.71. The Morgan fingerprint density at radius 2 is 2.12 bits per heavy atom. The van der Waals surface area contributed by atoms with Gasteiger partial charge in [0.25, 0.3) is 0 Å². The van der Waals surface area contributed by atoms with Crippen LogP contribution >= 0.6 is 11.3 Å². The number of rotatable bonds is 6. The van der Waals surface area contributed by atoms with Crippen LogP contribution in [0.2, 0.25) is 0 Å². The number of aliphatic carboxylic acids is 1. The van der Waals surface area contributed by atoms with Gasteiger partial charge in [0.1, 0.15) is 5.75 Å². The normalized spacial score (nSPS) is 10.2. The summed E-state index contributed by atoms with van der Waals surface area (Å²) in [5, 5.41) is 10.3. The number of carbonyl (C=O) groups is 2. The smallest absolute Gasteiger partial charge is 0.422 e. The van der Waals surface area contributed by atoms with Gasteiger partial charge in [0.2, 0.25) is 0 Å². The summed E-state index contributed by atoms with van der Waals surface area (Å²) in [6.45, 7) is 2.14. The lowest BCUT2D eigenvalue weighted by atomic mass is 10.1. The standard InChI is InChI=1S/C12H16O4S/c1-2-3-4-5-6-10-9(7-8-17-10)16-12(15)11(13)14/h7-8H,2-6H2,1H3,(H,13,14). The van der Waals surface area contributed by atoms with E-state index in [9.17, 15) is 9.59 Å². The fourth-order valence-corrected chi connectivity index (χ4v) is 2.30. The molecule has 0 bridgehead atoms. The molecule has 0 unspecified atom stereocenters. The molecule has 0 saturated carbocycles. The van der Waals surface area contributed by atoms with E-state index in [0.29, 0.717) is 5.75 Å². The molecule has 1 N–H and O–H groups in total. The van der Waals surface area contributed by atoms with Gasteiger partial charge in [-0.3, -0.25) is 0 Å². The molecule has 4 nitrogen and oxygen atoms in total. The zero-order valence-corrected chi connectivity index (χ0v) is 10.6. The van der Waals surface area contributed by atoms with E-state index < -0.39 is 11.9 Å². The summed E-state index contributed by atoms with van der Waals surface area (Å²) in [5.74, 6) is -2.40. The molecule has 0 atom stereocenters. The van der Waals surface area contributed by atoms with Gasteiger partial charge in [-0.05, 0) is 24.3 Å². The first-order valence-electron chi connectivity index (χ1n) is 5.66. The Balaban J connectivity index is 2.48. The van der Waals surface area contributed by atoms with Crippen LogP contribution in [-0.4, -0.2) is 17.0 Å². The van der Waals surface area contributed by atoms with Crippen molar-refractivity contribution in [2.75, 3.05) is 0 Å². The summed E-state index contributed by atoms with van der Waals surface area (Å²) in [6.07, 6.45) is 5.37. The van der Waals surface area contributed by atoms with Crippen molar-refractivity contribution in [3.05, 3.63) is 16.3 Å². The van der Waals surface area contributed by atoms with Crippen molar-refractivity contribution in [1.82, 2.24) is 0 Å². The maximum Gasteiger partial charge on any atom is 0.422 e. The predicted molar refractivity (Wildman–Crippen MR) is 65.4 cm³/mol. The third-order valence-corrected chi connectivity index (χ3v) is 3.30. The average Bonchev–Trinajstić information content (AvgIpc) is 2.72. The van der Waals surface area contributed by atoms with E-state index in [1.165, 1.54) is 24.2 Å². The van der Waals surface area contributed by atoms with Gasteiger partial charge in [-0.1, -0.05) is 26.2 Å². The molecule has 1 aromatic heterocycles. The van der Waals surface area contributed by atoms with E-state index in [0.717, 1.165) is 24.1 Å². The van der Waals surface area contributed by atoms with Crippen LogP contribution in [0.5, 0.6) is 5.75 Å². The minimum atomic E-state index is -1.56. The van der Waals surface area contributed by atoms with E-state index >= 15 is 0 Å². The van der Waals surface area contributed by atoms with Crippen LogP contribution in [0.25, 0.3) is 0 Å². The maximum absolute atomic E-state index is 10.9. The van der Waals surface area contributed by atoms with E-state index in [1.807, 2.05) is 0 Å². The molecule has 0 saturated heterocycles. The molecule has 1 rings (SSSR count). The van der Waals surface area contributed by atoms with Crippen molar-refractivity contribution < 1.29 is 19.4 Å². The average molecular weight is 256 g/mol. The van der Waals surface area contributed by atoms with E-state index in [1.54, 1.807) is 11.4 Å². The van der Waals surface area contributed by atoms with Gasteiger partial charge in [0.15, 0.2) is 0 Å². The lowest BCUT2D eigenvalue weighted by Crippen LogP contribution is -2.19. The number of ether oxygens (including phenoxy) is 1. The highest BCUT2D eigenvalue weighted by atomic mass is 32.1. The molecular formula is C12H16O4S. The Bertz CT molecular complexity index is 384. The Labute approximate surface area is 104 Å². The first kappa shape index (κ1) is 13.7. The summed E-state index contributed by atoms with van der Waals surface area (Å²) in [6, 6.07) is 1.64. The van der Waals surface area contributed by atoms with E-state index in [-0.39, 0.29) is 0 Å². The van der Waals surface area contributed by atoms with Crippen LogP contribution in [0.4, 0.5) is 0 Å². The van der Waals surface area contributed by atoms with Crippen molar-refractivity contribution in [3.63, 3.8) is 0 Å². The lowest BCUT2D eigenvalue weighted by Gasteiger charge is -2.03. The quantitative estimate of drug-likeness (QED) is 0.483. The van der Waals surface area contributed by atoms with Crippen molar-refractivity contribution in [2.45, 2.75) is 39.0 Å². The van der Waals surface area contributed by atoms with Crippen LogP contribution in [0, 0.1) is 0 Å². The number of hydrogen-bond donors (Lipinski definition) is 1. The van der Waals surface area contributed by atoms with Gasteiger partial charge >= 0.3 is 11.9 Å². The second-order valence-corrected chi connectivity index (χ2v) is 4.71. The number of carboxylic acids is 1. The van der Waals surface area contributed by atoms with Crippen LogP contribution in [0.1, 0.15) is 37.5 Å². The van der Waals surface area contributed by atoms with Crippen molar-refractivity contribution >= 4 is 23.3 Å². The zero-order valence-electron chi connectivity index (χ0n) is 9.77. The topological polar surface area (TPSA) is 63.6 Å². The first-order chi connectivity index (χ1) is 8.15. The molecule has 0 aromatic carbocycles. The molecule has 0 fully saturated rings. The van der Waals surface area contributed by atoms with Crippen LogP contribution < -0.4 is 4.74 Å². The number of thiophene rings is 1. The lowest BCUT2D eigenvalue weighted by molar-refractivity contribution is -0.158. The maximum atomic E-state index is 10.9. The van der Waals surface area contributed by atoms with Crippen molar-refractivity contribution in [1.29, 1.82) is 0 Å². The highest BCUT2D eigenvalue weighted by molar-refractivity contribution is 7.10. The van der Waals surface area contributed by atoms with Gasteiger partial charge < -0.3 is 9.84 Å². The number of unbranched alkanes of at least 4 members (excludes halogenated alkanes) is 3. The molecule has 0 aliphatic rings. The second kappa shape index (κ2) is 7.06. The summed E-state index contributed by atoms with van der Waals surface area (Å²) in [4.78, 5) is 22.2. The molecule has 0 amide bonds. The fraction of sp³-hybridized carbons (Fsp3) is 0.500. The zero-order chi connectivity index (χ0) is 12.7. The first-order valence-corrected chi connectivity index (χ1v) is 6.54. The largest absolute Gasteiger partial charge is 0.473 e. The number of esters is 1. The minimum absolute atomic E-state index is 0.388. The molecular weight excluding hydrogens is 240 g/mol. The SMILES string of the molecule is CCCCCCc1sccc1OC(=O)C(=O)O. The number of carbonyl (C=O) groups excluding carboxylic acids is 1. The Hall–Kier alpha value is -1.36. The number of hydrogen-bond acceptors (Lipinski definition) is 4. The van der Waals surface area contributed by atoms with Gasteiger partial charge in [0, 0.05) is 4.88 Å². The molecule has 94 valence electrons. The van der Waals surface area contributed by atoms with Gasteiger partial charge in [-0.25, -0.2) is 9.59 Å². The van der Waals surface area contributed by atoms with Crippen molar-refractivity contribution in [3.8, 4) is 5.75 Å². The highest BCUT2D eigenvalue weighted by Gasteiger charge is 2.16. The van der Waals surface area contributed by atoms with E-state index in [4.69, 9.17) is 9.84 Å². The summed E-state index contributed by atoms with van der Waals surface area (Å²) < 4.78 is 4.78. The highest BCUT2D eigenvalue weighted by Crippen LogP contribution is 2.27. The van der Waals surface area contributed by atoms with Crippen molar-refractivity contribution in [2.24, 2.45) is 0 Å². The van der Waals surface area contributed by atoms with Gasteiger partial charge in [-0.2, -0.15) is 0 Å². The molecule has 5 heteroatoms. The fourth-order valence-electron chi connectivity index (χ4n) is 1.46. The van der Waals surface area contributed by atoms with Crippen LogP contribution in [0.3, 0.4) is 0 Å².